The molecule has 2 heteroatoms. The highest BCUT2D eigenvalue weighted by Gasteiger charge is 2.45. The summed E-state index contributed by atoms with van der Waals surface area (Å²) in [5, 5.41) is 0. The minimum absolute atomic E-state index is 0.0278. The lowest BCUT2D eigenvalue weighted by atomic mass is 9.66. The van der Waals surface area contributed by atoms with Gasteiger partial charge in [0.15, 0.2) is 0 Å². The van der Waals surface area contributed by atoms with Crippen LogP contribution in [-0.4, -0.2) is 0 Å². The average molecular weight is 703 g/mol. The Balaban J connectivity index is 1.14. The maximum Gasteiger partial charge on any atom is 0.0543 e. The van der Waals surface area contributed by atoms with Crippen LogP contribution < -0.4 is 9.80 Å². The van der Waals surface area contributed by atoms with E-state index in [2.05, 4.69) is 211 Å². The van der Waals surface area contributed by atoms with Crippen molar-refractivity contribution in [1.29, 1.82) is 0 Å². The van der Waals surface area contributed by atoms with Crippen LogP contribution in [0.25, 0.3) is 16.7 Å². The first-order chi connectivity index (χ1) is 25.9. The molecule has 54 heavy (non-hydrogen) atoms. The van der Waals surface area contributed by atoms with Crippen LogP contribution in [-0.2, 0) is 16.2 Å². The molecule has 3 aliphatic rings. The van der Waals surface area contributed by atoms with Crippen LogP contribution in [0.4, 0.5) is 34.1 Å². The molecule has 0 unspecified atom stereocenters. The second kappa shape index (κ2) is 12.2. The molecule has 2 nitrogen and oxygen atoms in total. The Morgan fingerprint density at radius 1 is 0.519 bits per heavy atom. The van der Waals surface area contributed by atoms with Crippen molar-refractivity contribution >= 4 is 39.7 Å². The van der Waals surface area contributed by atoms with Gasteiger partial charge in [0.25, 0.3) is 0 Å². The van der Waals surface area contributed by atoms with Gasteiger partial charge in [0.1, 0.15) is 0 Å². The minimum atomic E-state index is -0.206. The zero-order valence-corrected chi connectivity index (χ0v) is 33.0. The molecule has 0 saturated carbocycles. The number of rotatable bonds is 6. The summed E-state index contributed by atoms with van der Waals surface area (Å²) in [7, 11) is 0. The van der Waals surface area contributed by atoms with Gasteiger partial charge in [-0.05, 0) is 124 Å². The van der Waals surface area contributed by atoms with Crippen molar-refractivity contribution < 1.29 is 0 Å². The maximum atomic E-state index is 2.54. The van der Waals surface area contributed by atoms with Crippen LogP contribution in [0.2, 0.25) is 0 Å². The van der Waals surface area contributed by atoms with E-state index in [1.54, 1.807) is 0 Å². The van der Waals surface area contributed by atoms with Gasteiger partial charge in [-0.15, -0.1) is 0 Å². The normalized spacial score (nSPS) is 16.9. The predicted molar refractivity (Wildman–Crippen MR) is 231 cm³/mol. The fourth-order valence-electron chi connectivity index (χ4n) is 9.73. The van der Waals surface area contributed by atoms with E-state index in [-0.39, 0.29) is 16.2 Å². The quantitative estimate of drug-likeness (QED) is 0.170. The van der Waals surface area contributed by atoms with E-state index in [0.717, 1.165) is 23.5 Å². The zero-order chi connectivity index (χ0) is 37.6. The number of fused-ring (bicyclic) bond motifs is 5. The molecule has 0 aromatic heterocycles. The summed E-state index contributed by atoms with van der Waals surface area (Å²) in [5.41, 5.74) is 20.5. The van der Waals surface area contributed by atoms with E-state index >= 15 is 0 Å². The zero-order valence-electron chi connectivity index (χ0n) is 33.0. The van der Waals surface area contributed by atoms with E-state index in [4.69, 9.17) is 0 Å². The first kappa shape index (κ1) is 34.2. The number of nitrogens with zero attached hydrogens (tertiary/aromatic N) is 2. The summed E-state index contributed by atoms with van der Waals surface area (Å²) in [6, 6.07) is 50.0. The number of hydrogen-bond acceptors (Lipinski definition) is 2. The first-order valence-corrected chi connectivity index (χ1v) is 19.6. The van der Waals surface area contributed by atoms with Gasteiger partial charge in [-0.1, -0.05) is 139 Å². The van der Waals surface area contributed by atoms with Gasteiger partial charge in [-0.3, -0.25) is 0 Å². The molecule has 268 valence electrons. The summed E-state index contributed by atoms with van der Waals surface area (Å²) in [4.78, 5) is 4.94. The smallest absolute Gasteiger partial charge is 0.0543 e. The average Bonchev–Trinajstić information content (AvgIpc) is 3.37. The van der Waals surface area contributed by atoms with Gasteiger partial charge < -0.3 is 9.80 Å². The van der Waals surface area contributed by atoms with Crippen molar-refractivity contribution in [3.05, 3.63) is 185 Å². The highest BCUT2D eigenvalue weighted by atomic mass is 15.2. The van der Waals surface area contributed by atoms with Crippen LogP contribution in [0.5, 0.6) is 0 Å². The lowest BCUT2D eigenvalue weighted by Crippen LogP contribution is -2.38. The molecule has 6 aromatic rings. The van der Waals surface area contributed by atoms with Crippen LogP contribution in [0.1, 0.15) is 95.2 Å². The second-order valence-electron chi connectivity index (χ2n) is 17.0. The predicted octanol–water partition coefficient (Wildman–Crippen LogP) is 14.6. The number of para-hydroxylation sites is 3. The summed E-state index contributed by atoms with van der Waals surface area (Å²) in [5.74, 6) is 0. The monoisotopic (exact) mass is 702 g/mol. The van der Waals surface area contributed by atoms with E-state index in [9.17, 15) is 0 Å². The molecule has 0 N–H and O–H groups in total. The molecule has 0 spiro atoms. The maximum absolute atomic E-state index is 2.54. The summed E-state index contributed by atoms with van der Waals surface area (Å²) in [6.45, 7) is 18.8. The molecule has 2 heterocycles. The van der Waals surface area contributed by atoms with Gasteiger partial charge in [0, 0.05) is 33.3 Å². The van der Waals surface area contributed by atoms with Crippen molar-refractivity contribution in [3.63, 3.8) is 0 Å². The topological polar surface area (TPSA) is 6.48 Å². The van der Waals surface area contributed by atoms with Crippen molar-refractivity contribution in [2.45, 2.75) is 78.1 Å². The third kappa shape index (κ3) is 4.92. The van der Waals surface area contributed by atoms with Gasteiger partial charge in [0.2, 0.25) is 0 Å². The fourth-order valence-corrected chi connectivity index (χ4v) is 9.73. The SMILES string of the molecule is CC/C=C\C1=C(C)c2ccc(-c3ccc(N(c4ccccc4)c4ccc5c(c4)C(C)(C)c4cccc6c4N5c4ccccc4C6(C)C)cc3)cc2C1(C)C. The van der Waals surface area contributed by atoms with Crippen LogP contribution >= 0.6 is 0 Å². The van der Waals surface area contributed by atoms with Gasteiger partial charge >= 0.3 is 0 Å². The lowest BCUT2D eigenvalue weighted by Gasteiger charge is -2.49. The van der Waals surface area contributed by atoms with E-state index < -0.39 is 0 Å². The van der Waals surface area contributed by atoms with Crippen molar-refractivity contribution in [2.24, 2.45) is 0 Å². The summed E-state index contributed by atoms with van der Waals surface area (Å²) >= 11 is 0. The molecule has 0 saturated heterocycles. The number of anilines is 6. The first-order valence-electron chi connectivity index (χ1n) is 19.6. The highest BCUT2D eigenvalue weighted by Crippen LogP contribution is 2.60. The largest absolute Gasteiger partial charge is 0.310 e. The molecule has 6 aromatic carbocycles. The Kier molecular flexibility index (Phi) is 7.73. The third-order valence-corrected chi connectivity index (χ3v) is 12.7. The Hall–Kier alpha value is -5.60. The standard InChI is InChI=1S/C52H50N2/c1-9-10-19-41-34(2)40-30-26-36(32-45(40)50(41,3)4)35-24-27-38(28-25-35)53(37-17-12-11-13-18-37)39-29-31-48-46(33-39)52(7,8)44-22-16-21-43-49(44)54(48)47-23-15-14-20-42(47)51(43,5)6/h10-33H,9H2,1-8H3/b19-10-. The Bertz CT molecular complexity index is 2510. The molecule has 0 atom stereocenters. The van der Waals surface area contributed by atoms with Gasteiger partial charge in [0.05, 0.1) is 17.1 Å². The van der Waals surface area contributed by atoms with E-state index in [1.807, 2.05) is 0 Å². The number of benzene rings is 6. The summed E-state index contributed by atoms with van der Waals surface area (Å²) in [6.07, 6.45) is 5.67. The Labute approximate surface area is 322 Å². The van der Waals surface area contributed by atoms with Crippen molar-refractivity contribution in [3.8, 4) is 11.1 Å². The van der Waals surface area contributed by atoms with Crippen LogP contribution in [0.15, 0.2) is 151 Å². The van der Waals surface area contributed by atoms with E-state index in [1.165, 1.54) is 72.7 Å². The van der Waals surface area contributed by atoms with Crippen molar-refractivity contribution in [2.75, 3.05) is 9.80 Å². The molecule has 1 aliphatic carbocycles. The third-order valence-electron chi connectivity index (χ3n) is 12.7. The highest BCUT2D eigenvalue weighted by molar-refractivity contribution is 5.94. The molecule has 0 fully saturated rings. The van der Waals surface area contributed by atoms with Gasteiger partial charge in [-0.2, -0.15) is 0 Å². The van der Waals surface area contributed by atoms with Crippen LogP contribution in [0, 0.1) is 0 Å². The molecule has 2 aliphatic heterocycles. The molecule has 0 bridgehead atoms. The van der Waals surface area contributed by atoms with E-state index in [0.29, 0.717) is 0 Å². The number of allylic oxidation sites excluding steroid dienone is 4. The summed E-state index contributed by atoms with van der Waals surface area (Å²) < 4.78 is 0. The van der Waals surface area contributed by atoms with Gasteiger partial charge in [-0.25, -0.2) is 0 Å². The van der Waals surface area contributed by atoms with Crippen molar-refractivity contribution in [1.82, 2.24) is 0 Å². The van der Waals surface area contributed by atoms with Crippen LogP contribution in [0.3, 0.4) is 0 Å². The minimum Gasteiger partial charge on any atom is -0.310 e. The molecular weight excluding hydrogens is 653 g/mol. The number of hydrogen-bond donors (Lipinski definition) is 0. The molecule has 0 radical (unpaired) electrons. The molecular formula is C52H50N2. The fraction of sp³-hybridized carbons (Fsp3) is 0.231. The Morgan fingerprint density at radius 2 is 1.11 bits per heavy atom. The lowest BCUT2D eigenvalue weighted by molar-refractivity contribution is 0.597. The second-order valence-corrected chi connectivity index (χ2v) is 17.0. The Morgan fingerprint density at radius 3 is 1.83 bits per heavy atom. The molecule has 0 amide bonds. The molecule has 9 rings (SSSR count).